The van der Waals surface area contributed by atoms with Crippen molar-refractivity contribution in [3.63, 3.8) is 0 Å². The first-order valence-electron chi connectivity index (χ1n) is 9.09. The molecule has 0 heterocycles. The molecule has 0 aromatic carbocycles. The topological polar surface area (TPSA) is 0 Å². The van der Waals surface area contributed by atoms with Crippen molar-refractivity contribution in [1.82, 2.24) is 0 Å². The van der Waals surface area contributed by atoms with Crippen LogP contribution in [0, 0.1) is 40.4 Å². The number of fused-ring (bicyclic) bond motifs is 1. The van der Waals surface area contributed by atoms with Gasteiger partial charge in [0.2, 0.25) is 0 Å². The molecule has 138 valence electrons. The van der Waals surface area contributed by atoms with Crippen molar-refractivity contribution < 1.29 is 26.0 Å². The van der Waals surface area contributed by atoms with E-state index in [0.717, 1.165) is 30.1 Å². The number of alkyl halides is 3. The fraction of sp³-hybridized carbons (Fsp3) is 1.00. The molecule has 0 nitrogen and oxygen atoms in total. The van der Waals surface area contributed by atoms with Crippen molar-refractivity contribution in [2.75, 3.05) is 4.43 Å². The third-order valence-electron chi connectivity index (χ3n) is 7.38. The average Bonchev–Trinajstić information content (AvgIpc) is 3.14. The van der Waals surface area contributed by atoms with E-state index in [-0.39, 0.29) is 34.5 Å². The summed E-state index contributed by atoms with van der Waals surface area (Å²) in [6.07, 6.45) is 3.39. The zero-order valence-corrected chi connectivity index (χ0v) is 19.7. The summed E-state index contributed by atoms with van der Waals surface area (Å²) in [5, 5.41) is 0. The van der Waals surface area contributed by atoms with Gasteiger partial charge in [-0.25, -0.2) is 0 Å². The fourth-order valence-electron chi connectivity index (χ4n) is 5.43. The standard InChI is InChI=1S/C19H33F2I2/c1-12(2)9-14(4)18(6)16-11-17(16,5)13(3)10-15(7-8-23-22)19(18,20)21/h12-16H,7-11H2,1-6H3/q-1/t13-,14-,15-,16-,17+,18+/m1/s1. The minimum atomic E-state index is -2.52. The fourth-order valence-corrected chi connectivity index (χ4v) is 8.00. The summed E-state index contributed by atoms with van der Waals surface area (Å²) < 4.78 is 32.7. The summed E-state index contributed by atoms with van der Waals surface area (Å²) in [6.45, 7) is 12.9. The van der Waals surface area contributed by atoms with Gasteiger partial charge in [0.05, 0.1) is 0 Å². The van der Waals surface area contributed by atoms with E-state index in [1.807, 2.05) is 6.92 Å². The van der Waals surface area contributed by atoms with Gasteiger partial charge in [-0.3, -0.25) is 0 Å². The Morgan fingerprint density at radius 3 is 2.35 bits per heavy atom. The molecule has 2 rings (SSSR count). The molecule has 2 aliphatic carbocycles. The normalized spacial score (nSPS) is 44.0. The Hall–Kier alpha value is 1.32. The van der Waals surface area contributed by atoms with Gasteiger partial charge in [-0.2, -0.15) is 0 Å². The molecular formula is C19H33F2I2-. The molecule has 4 heteroatoms. The van der Waals surface area contributed by atoms with Gasteiger partial charge in [-0.05, 0) is 0 Å². The Bertz CT molecular complexity index is 426. The molecule has 0 amide bonds. The van der Waals surface area contributed by atoms with Gasteiger partial charge in [0.1, 0.15) is 0 Å². The van der Waals surface area contributed by atoms with Crippen molar-refractivity contribution in [1.29, 1.82) is 0 Å². The SMILES string of the molecule is CC(C)C[C@@H](C)[C@@]1(C)[C@@H]2C[C@@]2(C)[C@H](C)C[C@@H](CC[I-]I)C1(F)F. The Morgan fingerprint density at radius 1 is 1.22 bits per heavy atom. The third-order valence-corrected chi connectivity index (χ3v) is 11.1. The monoisotopic (exact) mass is 553 g/mol. The van der Waals surface area contributed by atoms with E-state index in [1.54, 1.807) is 0 Å². The molecule has 0 aliphatic heterocycles. The van der Waals surface area contributed by atoms with E-state index in [2.05, 4.69) is 53.2 Å². The van der Waals surface area contributed by atoms with Crippen molar-refractivity contribution in [2.45, 2.75) is 73.1 Å². The molecule has 2 saturated carbocycles. The van der Waals surface area contributed by atoms with Gasteiger partial charge in [0, 0.05) is 0 Å². The molecule has 0 aromatic heterocycles. The van der Waals surface area contributed by atoms with Crippen LogP contribution in [-0.2, 0) is 0 Å². The molecule has 0 radical (unpaired) electrons. The van der Waals surface area contributed by atoms with Crippen LogP contribution in [0.1, 0.15) is 67.2 Å². The van der Waals surface area contributed by atoms with E-state index < -0.39 is 17.3 Å². The van der Waals surface area contributed by atoms with Gasteiger partial charge in [0.15, 0.2) is 0 Å². The summed E-state index contributed by atoms with van der Waals surface area (Å²) in [4.78, 5) is 0. The van der Waals surface area contributed by atoms with E-state index in [4.69, 9.17) is 0 Å². The van der Waals surface area contributed by atoms with E-state index in [0.29, 0.717) is 11.8 Å². The van der Waals surface area contributed by atoms with E-state index >= 15 is 8.78 Å². The molecule has 2 aliphatic rings. The maximum atomic E-state index is 15.8. The van der Waals surface area contributed by atoms with Crippen LogP contribution in [0.25, 0.3) is 0 Å². The summed E-state index contributed by atoms with van der Waals surface area (Å²) in [7, 11) is 0. The van der Waals surface area contributed by atoms with Crippen molar-refractivity contribution >= 4 is 18.6 Å². The Kier molecular flexibility index (Phi) is 6.41. The van der Waals surface area contributed by atoms with Crippen LogP contribution in [0.5, 0.6) is 0 Å². The summed E-state index contributed by atoms with van der Waals surface area (Å²) >= 11 is 2.51. The molecule has 6 atom stereocenters. The predicted octanol–water partition coefficient (Wildman–Crippen LogP) is 3.82. The molecule has 0 unspecified atom stereocenters. The van der Waals surface area contributed by atoms with Crippen LogP contribution in [-0.4, -0.2) is 10.4 Å². The van der Waals surface area contributed by atoms with Crippen LogP contribution in [0.3, 0.4) is 0 Å². The molecular weight excluding hydrogens is 520 g/mol. The second-order valence-corrected chi connectivity index (χ2v) is 14.6. The Labute approximate surface area is 161 Å². The second kappa shape index (κ2) is 7.15. The van der Waals surface area contributed by atoms with Crippen molar-refractivity contribution in [3.8, 4) is 0 Å². The number of hydrogen-bond acceptors (Lipinski definition) is 0. The number of rotatable bonds is 6. The average molecular weight is 553 g/mol. The number of hydrogen-bond donors (Lipinski definition) is 0. The molecule has 0 aromatic rings. The zero-order valence-electron chi connectivity index (χ0n) is 15.4. The zero-order chi connectivity index (χ0) is 17.6. The molecule has 0 N–H and O–H groups in total. The predicted molar refractivity (Wildman–Crippen MR) is 98.7 cm³/mol. The van der Waals surface area contributed by atoms with Gasteiger partial charge >= 0.3 is 163 Å². The van der Waals surface area contributed by atoms with Crippen LogP contribution < -0.4 is 17.2 Å². The number of halogens is 4. The van der Waals surface area contributed by atoms with Crippen LogP contribution >= 0.6 is 18.6 Å². The Balaban J connectivity index is 2.39. The minimum absolute atomic E-state index is 0.0767. The van der Waals surface area contributed by atoms with Gasteiger partial charge in [-0.1, -0.05) is 0 Å². The molecule has 2 fully saturated rings. The van der Waals surface area contributed by atoms with Gasteiger partial charge < -0.3 is 0 Å². The molecule has 0 bridgehead atoms. The molecule has 0 spiro atoms. The first-order chi connectivity index (χ1) is 10.5. The van der Waals surface area contributed by atoms with Crippen LogP contribution in [0.4, 0.5) is 8.78 Å². The van der Waals surface area contributed by atoms with E-state index in [9.17, 15) is 0 Å². The van der Waals surface area contributed by atoms with E-state index in [1.165, 1.54) is 0 Å². The third kappa shape index (κ3) is 3.46. The van der Waals surface area contributed by atoms with Crippen molar-refractivity contribution in [2.24, 2.45) is 40.4 Å². The van der Waals surface area contributed by atoms with Gasteiger partial charge in [-0.15, -0.1) is 0 Å². The van der Waals surface area contributed by atoms with Crippen LogP contribution in [0.2, 0.25) is 0 Å². The summed E-state index contributed by atoms with van der Waals surface area (Å²) in [5.41, 5.74) is -0.678. The molecule has 0 saturated heterocycles. The molecule has 23 heavy (non-hydrogen) atoms. The first kappa shape index (κ1) is 20.6. The quantitative estimate of drug-likeness (QED) is 0.347. The summed E-state index contributed by atoms with van der Waals surface area (Å²) in [5.74, 6) is -1.72. The summed E-state index contributed by atoms with van der Waals surface area (Å²) in [6, 6.07) is 0. The second-order valence-electron chi connectivity index (χ2n) is 9.11. The van der Waals surface area contributed by atoms with Crippen LogP contribution in [0.15, 0.2) is 0 Å². The Morgan fingerprint density at radius 2 is 1.83 bits per heavy atom. The van der Waals surface area contributed by atoms with Crippen molar-refractivity contribution in [3.05, 3.63) is 0 Å². The van der Waals surface area contributed by atoms with Gasteiger partial charge in [0.25, 0.3) is 0 Å². The maximum absolute atomic E-state index is 15.8. The first-order valence-corrected chi connectivity index (χ1v) is 16.9.